The number of hydrogen-bond acceptors (Lipinski definition) is 3. The lowest BCUT2D eigenvalue weighted by molar-refractivity contribution is 0.0986. The van der Waals surface area contributed by atoms with Crippen molar-refractivity contribution in [1.29, 1.82) is 0 Å². The van der Waals surface area contributed by atoms with Crippen molar-refractivity contribution < 1.29 is 13.6 Å². The molecule has 0 amide bonds. The first-order chi connectivity index (χ1) is 10.1. The summed E-state index contributed by atoms with van der Waals surface area (Å²) in [6.45, 7) is 0. The van der Waals surface area contributed by atoms with Gasteiger partial charge >= 0.3 is 0 Å². The Bertz CT molecular complexity index is 813. The molecule has 1 heterocycles. The lowest BCUT2D eigenvalue weighted by Gasteiger charge is -2.04. The second-order valence-electron chi connectivity index (χ2n) is 4.54. The molecule has 1 aromatic heterocycles. The van der Waals surface area contributed by atoms with Crippen molar-refractivity contribution >= 4 is 16.8 Å². The van der Waals surface area contributed by atoms with Gasteiger partial charge < -0.3 is 0 Å². The van der Waals surface area contributed by atoms with E-state index in [-0.39, 0.29) is 17.7 Å². The number of halogens is 2. The Labute approximate surface area is 119 Å². The molecular weight excluding hydrogens is 274 g/mol. The van der Waals surface area contributed by atoms with Crippen molar-refractivity contribution in [2.45, 2.75) is 6.42 Å². The van der Waals surface area contributed by atoms with Crippen LogP contribution in [0, 0.1) is 11.6 Å². The zero-order chi connectivity index (χ0) is 14.8. The Kier molecular flexibility index (Phi) is 3.39. The molecule has 0 aliphatic heterocycles. The predicted molar refractivity (Wildman–Crippen MR) is 73.9 cm³/mol. The highest BCUT2D eigenvalue weighted by Gasteiger charge is 2.16. The molecular formula is C16H10F2N2O. The van der Waals surface area contributed by atoms with Crippen LogP contribution in [-0.2, 0) is 6.42 Å². The lowest BCUT2D eigenvalue weighted by atomic mass is 10.1. The second kappa shape index (κ2) is 5.36. The number of aromatic nitrogens is 2. The van der Waals surface area contributed by atoms with Crippen molar-refractivity contribution in [2.75, 3.05) is 0 Å². The molecule has 3 rings (SSSR count). The van der Waals surface area contributed by atoms with Crippen LogP contribution in [0.1, 0.15) is 16.1 Å². The van der Waals surface area contributed by atoms with Gasteiger partial charge in [0.15, 0.2) is 5.78 Å². The Morgan fingerprint density at radius 1 is 0.952 bits per heavy atom. The molecule has 0 N–H and O–H groups in total. The van der Waals surface area contributed by atoms with Crippen LogP contribution >= 0.6 is 0 Å². The highest BCUT2D eigenvalue weighted by Crippen LogP contribution is 2.15. The van der Waals surface area contributed by atoms with Gasteiger partial charge in [0.25, 0.3) is 0 Å². The minimum absolute atomic E-state index is 0.0938. The van der Waals surface area contributed by atoms with E-state index in [9.17, 15) is 13.6 Å². The van der Waals surface area contributed by atoms with E-state index in [0.717, 1.165) is 12.1 Å². The van der Waals surface area contributed by atoms with Crippen molar-refractivity contribution in [1.82, 2.24) is 9.97 Å². The second-order valence-corrected chi connectivity index (χ2v) is 4.54. The van der Waals surface area contributed by atoms with E-state index in [1.807, 2.05) is 6.07 Å². The van der Waals surface area contributed by atoms with Gasteiger partial charge in [-0.3, -0.25) is 9.78 Å². The topological polar surface area (TPSA) is 42.9 Å². The summed E-state index contributed by atoms with van der Waals surface area (Å²) in [4.78, 5) is 20.4. The van der Waals surface area contributed by atoms with E-state index < -0.39 is 17.4 Å². The summed E-state index contributed by atoms with van der Waals surface area (Å²) >= 11 is 0. The highest BCUT2D eigenvalue weighted by atomic mass is 19.1. The zero-order valence-electron chi connectivity index (χ0n) is 10.9. The van der Waals surface area contributed by atoms with Crippen LogP contribution in [0.25, 0.3) is 11.0 Å². The standard InChI is InChI=1S/C16H10F2N2O/c17-11-4-3-5-12(18)10(11)8-16(21)15-9-19-13-6-1-2-7-14(13)20-15/h1-7,9H,8H2. The summed E-state index contributed by atoms with van der Waals surface area (Å²) in [6, 6.07) is 10.6. The first kappa shape index (κ1) is 13.3. The minimum Gasteiger partial charge on any atom is -0.292 e. The molecule has 0 saturated carbocycles. The van der Waals surface area contributed by atoms with E-state index in [1.54, 1.807) is 18.2 Å². The average Bonchev–Trinajstić information content (AvgIpc) is 2.50. The maximum absolute atomic E-state index is 13.6. The Hall–Kier alpha value is -2.69. The summed E-state index contributed by atoms with van der Waals surface area (Å²) < 4.78 is 27.1. The molecule has 2 aromatic carbocycles. The molecule has 0 fully saturated rings. The fraction of sp³-hybridized carbons (Fsp3) is 0.0625. The summed E-state index contributed by atoms with van der Waals surface area (Å²) in [6.07, 6.45) is 0.939. The third kappa shape index (κ3) is 2.63. The van der Waals surface area contributed by atoms with Gasteiger partial charge in [-0.05, 0) is 24.3 Å². The molecule has 0 bridgehead atoms. The molecule has 0 saturated heterocycles. The number of ketones is 1. The molecule has 3 aromatic rings. The summed E-state index contributed by atoms with van der Waals surface area (Å²) in [5.41, 5.74) is 1.07. The van der Waals surface area contributed by atoms with Crippen molar-refractivity contribution in [3.8, 4) is 0 Å². The van der Waals surface area contributed by atoms with E-state index in [0.29, 0.717) is 11.0 Å². The van der Waals surface area contributed by atoms with E-state index in [2.05, 4.69) is 9.97 Å². The zero-order valence-corrected chi connectivity index (χ0v) is 10.9. The highest BCUT2D eigenvalue weighted by molar-refractivity contribution is 5.96. The SMILES string of the molecule is O=C(Cc1c(F)cccc1F)c1cnc2ccccc2n1. The van der Waals surface area contributed by atoms with Crippen molar-refractivity contribution in [3.63, 3.8) is 0 Å². The molecule has 0 unspecified atom stereocenters. The molecule has 0 spiro atoms. The normalized spacial score (nSPS) is 10.8. The van der Waals surface area contributed by atoms with Crippen LogP contribution in [0.4, 0.5) is 8.78 Å². The van der Waals surface area contributed by atoms with Gasteiger partial charge in [-0.1, -0.05) is 18.2 Å². The molecule has 0 aliphatic carbocycles. The average molecular weight is 284 g/mol. The first-order valence-electron chi connectivity index (χ1n) is 6.33. The van der Waals surface area contributed by atoms with E-state index in [1.165, 1.54) is 12.3 Å². The van der Waals surface area contributed by atoms with E-state index in [4.69, 9.17) is 0 Å². The molecule has 0 aliphatic rings. The first-order valence-corrected chi connectivity index (χ1v) is 6.33. The number of fused-ring (bicyclic) bond motifs is 1. The van der Waals surface area contributed by atoms with Crippen molar-refractivity contribution in [2.24, 2.45) is 0 Å². The van der Waals surface area contributed by atoms with Crippen LogP contribution in [0.3, 0.4) is 0 Å². The molecule has 3 nitrogen and oxygen atoms in total. The number of rotatable bonds is 3. The van der Waals surface area contributed by atoms with Crippen molar-refractivity contribution in [3.05, 3.63) is 71.6 Å². The van der Waals surface area contributed by atoms with Gasteiger partial charge in [-0.25, -0.2) is 13.8 Å². The number of carbonyl (C=O) groups is 1. The van der Waals surface area contributed by atoms with Crippen LogP contribution in [0.2, 0.25) is 0 Å². The van der Waals surface area contributed by atoms with Crippen LogP contribution in [-0.4, -0.2) is 15.8 Å². The summed E-state index contributed by atoms with van der Waals surface area (Å²) in [5.74, 6) is -1.95. The minimum atomic E-state index is -0.739. The third-order valence-corrected chi connectivity index (χ3v) is 3.13. The molecule has 104 valence electrons. The fourth-order valence-electron chi connectivity index (χ4n) is 2.04. The van der Waals surface area contributed by atoms with Crippen LogP contribution < -0.4 is 0 Å². The molecule has 0 atom stereocenters. The number of hydrogen-bond donors (Lipinski definition) is 0. The monoisotopic (exact) mass is 284 g/mol. The Balaban J connectivity index is 1.94. The van der Waals surface area contributed by atoms with Gasteiger partial charge in [0.2, 0.25) is 0 Å². The van der Waals surface area contributed by atoms with Gasteiger partial charge in [-0.15, -0.1) is 0 Å². The Morgan fingerprint density at radius 2 is 1.62 bits per heavy atom. The van der Waals surface area contributed by atoms with Crippen LogP contribution in [0.5, 0.6) is 0 Å². The van der Waals surface area contributed by atoms with Gasteiger partial charge in [-0.2, -0.15) is 0 Å². The fourth-order valence-corrected chi connectivity index (χ4v) is 2.04. The lowest BCUT2D eigenvalue weighted by Crippen LogP contribution is -2.09. The smallest absolute Gasteiger partial charge is 0.187 e. The number of carbonyl (C=O) groups excluding carboxylic acids is 1. The largest absolute Gasteiger partial charge is 0.292 e. The number of para-hydroxylation sites is 2. The third-order valence-electron chi connectivity index (χ3n) is 3.13. The summed E-state index contributed by atoms with van der Waals surface area (Å²) in [7, 11) is 0. The number of nitrogens with zero attached hydrogens (tertiary/aromatic N) is 2. The maximum atomic E-state index is 13.6. The predicted octanol–water partition coefficient (Wildman–Crippen LogP) is 3.33. The number of Topliss-reactive ketones (excluding diaryl/α,β-unsaturated/α-hetero) is 1. The number of benzene rings is 2. The summed E-state index contributed by atoms with van der Waals surface area (Å²) in [5, 5.41) is 0. The molecule has 21 heavy (non-hydrogen) atoms. The molecule has 5 heteroatoms. The van der Waals surface area contributed by atoms with Crippen LogP contribution in [0.15, 0.2) is 48.7 Å². The van der Waals surface area contributed by atoms with Gasteiger partial charge in [0.1, 0.15) is 17.3 Å². The maximum Gasteiger partial charge on any atom is 0.187 e. The van der Waals surface area contributed by atoms with Gasteiger partial charge in [0.05, 0.1) is 17.2 Å². The van der Waals surface area contributed by atoms with Gasteiger partial charge in [0, 0.05) is 12.0 Å². The Morgan fingerprint density at radius 3 is 2.33 bits per heavy atom. The quantitative estimate of drug-likeness (QED) is 0.693. The molecule has 0 radical (unpaired) electrons. The van der Waals surface area contributed by atoms with E-state index >= 15 is 0 Å².